The van der Waals surface area contributed by atoms with Crippen LogP contribution in [0.25, 0.3) is 0 Å². The summed E-state index contributed by atoms with van der Waals surface area (Å²) in [5.74, 6) is 2.05. The summed E-state index contributed by atoms with van der Waals surface area (Å²) in [7, 11) is 3.79. The molecule has 138 valence electrons. The van der Waals surface area contributed by atoms with Crippen LogP contribution in [-0.2, 0) is 4.74 Å². The van der Waals surface area contributed by atoms with E-state index in [-0.39, 0.29) is 18.0 Å². The first kappa shape index (κ1) is 18.1. The van der Waals surface area contributed by atoms with Gasteiger partial charge in [0.1, 0.15) is 17.5 Å². The van der Waals surface area contributed by atoms with Gasteiger partial charge < -0.3 is 20.3 Å². The topological polar surface area (TPSA) is 92.3 Å². The van der Waals surface area contributed by atoms with Crippen molar-refractivity contribution in [3.05, 3.63) is 42.0 Å². The van der Waals surface area contributed by atoms with Gasteiger partial charge in [-0.2, -0.15) is 0 Å². The van der Waals surface area contributed by atoms with Gasteiger partial charge in [0, 0.05) is 38.7 Å². The van der Waals surface area contributed by atoms with Gasteiger partial charge in [-0.05, 0) is 31.5 Å². The van der Waals surface area contributed by atoms with Gasteiger partial charge in [0.2, 0.25) is 0 Å². The van der Waals surface area contributed by atoms with Crippen LogP contribution in [0.3, 0.4) is 0 Å². The third-order valence-corrected chi connectivity index (χ3v) is 4.25. The first-order valence-corrected chi connectivity index (χ1v) is 8.61. The molecule has 0 radical (unpaired) electrons. The molecule has 2 atom stereocenters. The second-order valence-corrected chi connectivity index (χ2v) is 6.48. The molecule has 3 heterocycles. The number of nitrogens with zero attached hydrogens (tertiary/aromatic N) is 4. The Bertz CT molecular complexity index is 767. The van der Waals surface area contributed by atoms with Crippen LogP contribution in [-0.4, -0.2) is 60.3 Å². The Morgan fingerprint density at radius 2 is 2.04 bits per heavy atom. The predicted octanol–water partition coefficient (Wildman–Crippen LogP) is 1.25. The van der Waals surface area contributed by atoms with Gasteiger partial charge in [-0.25, -0.2) is 15.0 Å². The lowest BCUT2D eigenvalue weighted by Gasteiger charge is -2.33. The van der Waals surface area contributed by atoms with Crippen molar-refractivity contribution in [3.8, 4) is 0 Å². The molecule has 1 saturated heterocycles. The molecule has 0 spiro atoms. The van der Waals surface area contributed by atoms with Crippen LogP contribution >= 0.6 is 0 Å². The highest BCUT2D eigenvalue weighted by Crippen LogP contribution is 2.15. The van der Waals surface area contributed by atoms with Crippen LogP contribution in [0, 0.1) is 6.92 Å². The third kappa shape index (κ3) is 4.45. The Hall–Kier alpha value is -2.74. The molecule has 8 nitrogen and oxygen atoms in total. The quantitative estimate of drug-likeness (QED) is 0.833. The predicted molar refractivity (Wildman–Crippen MR) is 99.4 cm³/mol. The summed E-state index contributed by atoms with van der Waals surface area (Å²) in [5, 5.41) is 6.46. The third-order valence-electron chi connectivity index (χ3n) is 4.25. The standard InChI is InChI=1S/C18H24N6O2/c1-12-19-8-5-16(21-12)22-15-11-26-9-6-14(15)23-18(25)13-4-7-20-17(10-13)24(2)3/h4-5,7-8,10,14-15H,6,9,11H2,1-3H3,(H,23,25)(H,19,21,22)/t14-,15+/m0/s1. The summed E-state index contributed by atoms with van der Waals surface area (Å²) < 4.78 is 5.58. The van der Waals surface area contributed by atoms with E-state index >= 15 is 0 Å². The van der Waals surface area contributed by atoms with Crippen molar-refractivity contribution in [1.82, 2.24) is 20.3 Å². The van der Waals surface area contributed by atoms with E-state index in [2.05, 4.69) is 25.6 Å². The first-order valence-electron chi connectivity index (χ1n) is 8.61. The maximum Gasteiger partial charge on any atom is 0.251 e. The van der Waals surface area contributed by atoms with Crippen LogP contribution in [0.1, 0.15) is 22.6 Å². The molecular formula is C18H24N6O2. The summed E-state index contributed by atoms with van der Waals surface area (Å²) in [4.78, 5) is 27.3. The molecule has 0 aliphatic carbocycles. The van der Waals surface area contributed by atoms with Gasteiger partial charge in [0.15, 0.2) is 0 Å². The average molecular weight is 356 g/mol. The summed E-state index contributed by atoms with van der Waals surface area (Å²) in [6, 6.07) is 5.20. The number of carbonyl (C=O) groups is 1. The summed E-state index contributed by atoms with van der Waals surface area (Å²) in [6.45, 7) is 2.96. The van der Waals surface area contributed by atoms with E-state index in [1.807, 2.05) is 32.0 Å². The largest absolute Gasteiger partial charge is 0.379 e. The Labute approximate surface area is 153 Å². The van der Waals surface area contributed by atoms with E-state index in [4.69, 9.17) is 4.74 Å². The van der Waals surface area contributed by atoms with Gasteiger partial charge in [-0.1, -0.05) is 0 Å². The number of hydrogen-bond acceptors (Lipinski definition) is 7. The fourth-order valence-electron chi connectivity index (χ4n) is 2.84. The molecule has 1 fully saturated rings. The van der Waals surface area contributed by atoms with Crippen LogP contribution < -0.4 is 15.5 Å². The maximum atomic E-state index is 12.7. The lowest BCUT2D eigenvalue weighted by molar-refractivity contribution is 0.0620. The van der Waals surface area contributed by atoms with Crippen LogP contribution in [0.15, 0.2) is 30.6 Å². The van der Waals surface area contributed by atoms with E-state index in [0.717, 1.165) is 18.1 Å². The minimum Gasteiger partial charge on any atom is -0.379 e. The first-order chi connectivity index (χ1) is 12.5. The highest BCUT2D eigenvalue weighted by atomic mass is 16.5. The molecule has 0 bridgehead atoms. The molecule has 0 unspecified atom stereocenters. The molecule has 1 aliphatic rings. The van der Waals surface area contributed by atoms with E-state index in [0.29, 0.717) is 24.6 Å². The molecule has 1 amide bonds. The highest BCUT2D eigenvalue weighted by molar-refractivity contribution is 5.95. The summed E-state index contributed by atoms with van der Waals surface area (Å²) in [6.07, 6.45) is 4.09. The molecule has 26 heavy (non-hydrogen) atoms. The zero-order valence-electron chi connectivity index (χ0n) is 15.3. The highest BCUT2D eigenvalue weighted by Gasteiger charge is 2.28. The van der Waals surface area contributed by atoms with Crippen molar-refractivity contribution in [2.45, 2.75) is 25.4 Å². The van der Waals surface area contributed by atoms with E-state index < -0.39 is 0 Å². The maximum absolute atomic E-state index is 12.7. The molecule has 0 aromatic carbocycles. The minimum atomic E-state index is -0.118. The van der Waals surface area contributed by atoms with Crippen molar-refractivity contribution in [3.63, 3.8) is 0 Å². The van der Waals surface area contributed by atoms with Crippen molar-refractivity contribution >= 4 is 17.5 Å². The van der Waals surface area contributed by atoms with Gasteiger partial charge in [-0.3, -0.25) is 4.79 Å². The zero-order chi connectivity index (χ0) is 18.5. The lowest BCUT2D eigenvalue weighted by Crippen LogP contribution is -2.52. The number of aromatic nitrogens is 3. The second kappa shape index (κ2) is 8.09. The Morgan fingerprint density at radius 3 is 2.81 bits per heavy atom. The molecule has 3 rings (SSSR count). The number of amides is 1. The number of anilines is 2. The normalized spacial score (nSPS) is 19.7. The van der Waals surface area contributed by atoms with Crippen LogP contribution in [0.5, 0.6) is 0 Å². The fraction of sp³-hybridized carbons (Fsp3) is 0.444. The SMILES string of the molecule is Cc1nccc(N[C@@H]2COCC[C@@H]2NC(=O)c2ccnc(N(C)C)c2)n1. The number of pyridine rings is 1. The van der Waals surface area contributed by atoms with Gasteiger partial charge in [0.05, 0.1) is 18.7 Å². The van der Waals surface area contributed by atoms with Crippen molar-refractivity contribution in [1.29, 1.82) is 0 Å². The summed E-state index contributed by atoms with van der Waals surface area (Å²) in [5.41, 5.74) is 0.590. The van der Waals surface area contributed by atoms with E-state index in [1.54, 1.807) is 24.5 Å². The van der Waals surface area contributed by atoms with Crippen LogP contribution in [0.4, 0.5) is 11.6 Å². The Morgan fingerprint density at radius 1 is 1.23 bits per heavy atom. The number of hydrogen-bond donors (Lipinski definition) is 2. The number of rotatable bonds is 5. The number of nitrogens with one attached hydrogen (secondary N) is 2. The smallest absolute Gasteiger partial charge is 0.251 e. The van der Waals surface area contributed by atoms with Crippen molar-refractivity contribution < 1.29 is 9.53 Å². The van der Waals surface area contributed by atoms with Gasteiger partial charge in [-0.15, -0.1) is 0 Å². The van der Waals surface area contributed by atoms with E-state index in [9.17, 15) is 4.79 Å². The molecule has 2 aromatic heterocycles. The Kier molecular flexibility index (Phi) is 5.62. The molecule has 0 saturated carbocycles. The molecule has 1 aliphatic heterocycles. The Balaban J connectivity index is 1.70. The average Bonchev–Trinajstić information content (AvgIpc) is 2.63. The molecule has 8 heteroatoms. The van der Waals surface area contributed by atoms with Gasteiger partial charge in [0.25, 0.3) is 5.91 Å². The number of carbonyl (C=O) groups excluding carboxylic acids is 1. The van der Waals surface area contributed by atoms with Crippen molar-refractivity contribution in [2.24, 2.45) is 0 Å². The monoisotopic (exact) mass is 356 g/mol. The van der Waals surface area contributed by atoms with E-state index in [1.165, 1.54) is 0 Å². The number of aryl methyl sites for hydroxylation is 1. The number of ether oxygens (including phenoxy) is 1. The minimum absolute atomic E-state index is 0.0532. The summed E-state index contributed by atoms with van der Waals surface area (Å²) >= 11 is 0. The molecular weight excluding hydrogens is 332 g/mol. The molecule has 2 aromatic rings. The van der Waals surface area contributed by atoms with Crippen molar-refractivity contribution in [2.75, 3.05) is 37.5 Å². The van der Waals surface area contributed by atoms with Crippen LogP contribution in [0.2, 0.25) is 0 Å². The second-order valence-electron chi connectivity index (χ2n) is 6.48. The molecule has 2 N–H and O–H groups in total. The fourth-order valence-corrected chi connectivity index (χ4v) is 2.84. The zero-order valence-corrected chi connectivity index (χ0v) is 15.3. The lowest BCUT2D eigenvalue weighted by atomic mass is 10.0. The van der Waals surface area contributed by atoms with Gasteiger partial charge >= 0.3 is 0 Å².